The van der Waals surface area contributed by atoms with Crippen molar-refractivity contribution in [1.82, 2.24) is 10.3 Å². The Kier molecular flexibility index (Phi) is 5.42. The van der Waals surface area contributed by atoms with Gasteiger partial charge < -0.3 is 10.2 Å². The lowest BCUT2D eigenvalue weighted by Gasteiger charge is -2.17. The van der Waals surface area contributed by atoms with E-state index in [0.29, 0.717) is 5.92 Å². The molecule has 0 aliphatic rings. The molecule has 96 valence electrons. The molecule has 0 amide bonds. The third kappa shape index (κ3) is 4.35. The fourth-order valence-electron chi connectivity index (χ4n) is 1.63. The van der Waals surface area contributed by atoms with E-state index in [4.69, 9.17) is 0 Å². The lowest BCUT2D eigenvalue weighted by molar-refractivity contribution is 0.551. The zero-order valence-corrected chi connectivity index (χ0v) is 11.7. The normalized spacial score (nSPS) is 10.9. The summed E-state index contributed by atoms with van der Waals surface area (Å²) in [5.41, 5.74) is 2.41. The smallest absolute Gasteiger partial charge is 0.128 e. The van der Waals surface area contributed by atoms with Gasteiger partial charge in [-0.15, -0.1) is 0 Å². The van der Waals surface area contributed by atoms with Crippen LogP contribution in [0.15, 0.2) is 12.1 Å². The zero-order valence-electron chi connectivity index (χ0n) is 11.7. The molecule has 0 saturated carbocycles. The predicted molar refractivity (Wildman–Crippen MR) is 74.5 cm³/mol. The molecule has 0 spiro atoms. The minimum atomic E-state index is 0.689. The summed E-state index contributed by atoms with van der Waals surface area (Å²) in [4.78, 5) is 6.78. The number of aryl methyl sites for hydroxylation is 1. The number of anilines is 1. The average molecular weight is 235 g/mol. The molecule has 0 radical (unpaired) electrons. The second-order valence-electron chi connectivity index (χ2n) is 4.95. The number of hydrogen-bond donors (Lipinski definition) is 1. The first-order valence-electron chi connectivity index (χ1n) is 6.43. The van der Waals surface area contributed by atoms with Gasteiger partial charge in [0.05, 0.1) is 0 Å². The minimum Gasteiger partial charge on any atom is -0.360 e. The highest BCUT2D eigenvalue weighted by atomic mass is 15.2. The van der Waals surface area contributed by atoms with Crippen molar-refractivity contribution >= 4 is 5.82 Å². The molecule has 1 rings (SSSR count). The Morgan fingerprint density at radius 2 is 2.06 bits per heavy atom. The fourth-order valence-corrected chi connectivity index (χ4v) is 1.63. The Balaban J connectivity index is 2.63. The lowest BCUT2D eigenvalue weighted by Crippen LogP contribution is -2.21. The quantitative estimate of drug-likeness (QED) is 0.821. The highest BCUT2D eigenvalue weighted by molar-refractivity contribution is 5.40. The van der Waals surface area contributed by atoms with Crippen molar-refractivity contribution in [3.63, 3.8) is 0 Å². The van der Waals surface area contributed by atoms with Crippen molar-refractivity contribution in [1.29, 1.82) is 0 Å². The van der Waals surface area contributed by atoms with Crippen LogP contribution in [0.1, 0.15) is 32.0 Å². The van der Waals surface area contributed by atoms with Gasteiger partial charge in [0.15, 0.2) is 0 Å². The van der Waals surface area contributed by atoms with Crippen LogP contribution in [0.5, 0.6) is 0 Å². The first kappa shape index (κ1) is 14.0. The molecule has 17 heavy (non-hydrogen) atoms. The van der Waals surface area contributed by atoms with Gasteiger partial charge in [0, 0.05) is 25.8 Å². The first-order chi connectivity index (χ1) is 8.04. The maximum Gasteiger partial charge on any atom is 0.128 e. The molecule has 3 heteroatoms. The van der Waals surface area contributed by atoms with Crippen LogP contribution in [-0.2, 0) is 6.54 Å². The third-order valence-corrected chi connectivity index (χ3v) is 2.91. The van der Waals surface area contributed by atoms with Crippen molar-refractivity contribution in [2.45, 2.75) is 34.2 Å². The lowest BCUT2D eigenvalue weighted by atomic mass is 10.2. The van der Waals surface area contributed by atoms with E-state index in [1.54, 1.807) is 0 Å². The van der Waals surface area contributed by atoms with Gasteiger partial charge in [-0.05, 0) is 37.9 Å². The van der Waals surface area contributed by atoms with Crippen LogP contribution in [-0.4, -0.2) is 25.1 Å². The molecule has 0 unspecified atom stereocenters. The van der Waals surface area contributed by atoms with Gasteiger partial charge in [-0.25, -0.2) is 4.98 Å². The van der Waals surface area contributed by atoms with Crippen LogP contribution >= 0.6 is 0 Å². The first-order valence-corrected chi connectivity index (χ1v) is 6.43. The van der Waals surface area contributed by atoms with E-state index in [2.05, 4.69) is 62.1 Å². The number of hydrogen-bond acceptors (Lipinski definition) is 3. The van der Waals surface area contributed by atoms with E-state index >= 15 is 0 Å². The summed E-state index contributed by atoms with van der Waals surface area (Å²) >= 11 is 0. The van der Waals surface area contributed by atoms with Gasteiger partial charge in [0.25, 0.3) is 0 Å². The van der Waals surface area contributed by atoms with E-state index in [1.807, 2.05) is 0 Å². The average Bonchev–Trinajstić information content (AvgIpc) is 2.29. The highest BCUT2D eigenvalue weighted by Crippen LogP contribution is 2.13. The van der Waals surface area contributed by atoms with Crippen LogP contribution in [0, 0.1) is 12.8 Å². The standard InChI is InChI=1S/C14H25N3/c1-6-17(5)14-8-7-13(12(4)16-14)10-15-9-11(2)3/h7-8,11,15H,6,9-10H2,1-5H3. The minimum absolute atomic E-state index is 0.689. The van der Waals surface area contributed by atoms with Gasteiger partial charge in [-0.2, -0.15) is 0 Å². The molecule has 1 N–H and O–H groups in total. The molecule has 0 bridgehead atoms. The van der Waals surface area contributed by atoms with Gasteiger partial charge >= 0.3 is 0 Å². The van der Waals surface area contributed by atoms with Gasteiger partial charge in [0.1, 0.15) is 5.82 Å². The van der Waals surface area contributed by atoms with E-state index in [1.165, 1.54) is 5.56 Å². The summed E-state index contributed by atoms with van der Waals surface area (Å²) in [6.45, 7) is 11.6. The molecule has 0 aliphatic heterocycles. The van der Waals surface area contributed by atoms with Gasteiger partial charge in [0.2, 0.25) is 0 Å². The van der Waals surface area contributed by atoms with Crippen molar-refractivity contribution in [2.75, 3.05) is 25.0 Å². The second-order valence-corrected chi connectivity index (χ2v) is 4.95. The van der Waals surface area contributed by atoms with Crippen molar-refractivity contribution < 1.29 is 0 Å². The topological polar surface area (TPSA) is 28.2 Å². The Morgan fingerprint density at radius 3 is 2.59 bits per heavy atom. The van der Waals surface area contributed by atoms with E-state index < -0.39 is 0 Å². The number of aromatic nitrogens is 1. The Morgan fingerprint density at radius 1 is 1.35 bits per heavy atom. The Hall–Kier alpha value is -1.09. The summed E-state index contributed by atoms with van der Waals surface area (Å²) in [7, 11) is 2.07. The van der Waals surface area contributed by atoms with E-state index in [0.717, 1.165) is 31.1 Å². The van der Waals surface area contributed by atoms with Crippen LogP contribution in [0.3, 0.4) is 0 Å². The molecule has 1 aromatic heterocycles. The molecule has 0 saturated heterocycles. The number of rotatable bonds is 6. The summed E-state index contributed by atoms with van der Waals surface area (Å²) < 4.78 is 0. The molecule has 0 aliphatic carbocycles. The molecular formula is C14H25N3. The van der Waals surface area contributed by atoms with E-state index in [-0.39, 0.29) is 0 Å². The van der Waals surface area contributed by atoms with E-state index in [9.17, 15) is 0 Å². The zero-order chi connectivity index (χ0) is 12.8. The number of nitrogens with zero attached hydrogens (tertiary/aromatic N) is 2. The summed E-state index contributed by atoms with van der Waals surface area (Å²) in [6.07, 6.45) is 0. The Bertz CT molecular complexity index is 347. The van der Waals surface area contributed by atoms with Crippen LogP contribution in [0.4, 0.5) is 5.82 Å². The van der Waals surface area contributed by atoms with Crippen LogP contribution < -0.4 is 10.2 Å². The summed E-state index contributed by atoms with van der Waals surface area (Å²) in [6, 6.07) is 4.28. The predicted octanol–water partition coefficient (Wildman–Crippen LogP) is 2.59. The second kappa shape index (κ2) is 6.60. The van der Waals surface area contributed by atoms with Crippen molar-refractivity contribution in [2.24, 2.45) is 5.92 Å². The van der Waals surface area contributed by atoms with Crippen molar-refractivity contribution in [3.8, 4) is 0 Å². The van der Waals surface area contributed by atoms with Gasteiger partial charge in [-0.3, -0.25) is 0 Å². The maximum atomic E-state index is 4.63. The molecular weight excluding hydrogens is 210 g/mol. The largest absolute Gasteiger partial charge is 0.360 e. The SMILES string of the molecule is CCN(C)c1ccc(CNCC(C)C)c(C)n1. The molecule has 1 aromatic rings. The molecule has 1 heterocycles. The Labute approximate surface area is 105 Å². The monoisotopic (exact) mass is 235 g/mol. The number of pyridine rings is 1. The molecule has 0 atom stereocenters. The van der Waals surface area contributed by atoms with Crippen LogP contribution in [0.25, 0.3) is 0 Å². The highest BCUT2D eigenvalue weighted by Gasteiger charge is 2.04. The van der Waals surface area contributed by atoms with Crippen molar-refractivity contribution in [3.05, 3.63) is 23.4 Å². The van der Waals surface area contributed by atoms with Gasteiger partial charge in [-0.1, -0.05) is 19.9 Å². The third-order valence-electron chi connectivity index (χ3n) is 2.91. The molecule has 0 fully saturated rings. The number of nitrogens with one attached hydrogen (secondary N) is 1. The fraction of sp³-hybridized carbons (Fsp3) is 0.643. The maximum absolute atomic E-state index is 4.63. The molecule has 0 aromatic carbocycles. The molecule has 3 nitrogen and oxygen atoms in total. The summed E-state index contributed by atoms with van der Waals surface area (Å²) in [5, 5.41) is 3.45. The van der Waals surface area contributed by atoms with Crippen LogP contribution in [0.2, 0.25) is 0 Å². The summed E-state index contributed by atoms with van der Waals surface area (Å²) in [5.74, 6) is 1.74.